The van der Waals surface area contributed by atoms with Gasteiger partial charge in [0.15, 0.2) is 11.5 Å². The molecule has 2 aliphatic rings. The molecule has 0 radical (unpaired) electrons. The van der Waals surface area contributed by atoms with Gasteiger partial charge < -0.3 is 19.7 Å². The number of benzene rings is 1. The fourth-order valence-electron chi connectivity index (χ4n) is 2.49. The second-order valence-electron chi connectivity index (χ2n) is 5.36. The van der Waals surface area contributed by atoms with Crippen LogP contribution in [0.5, 0.6) is 11.5 Å². The van der Waals surface area contributed by atoms with Gasteiger partial charge in [-0.2, -0.15) is 17.6 Å². The van der Waals surface area contributed by atoms with E-state index in [1.807, 2.05) is 0 Å². The zero-order valence-electron chi connectivity index (χ0n) is 11.8. The Hall–Kier alpha value is -1.54. The summed E-state index contributed by atoms with van der Waals surface area (Å²) in [5.74, 6) is -0.726. The number of piperazine rings is 1. The number of ether oxygens (including phenoxy) is 2. The van der Waals surface area contributed by atoms with E-state index in [0.29, 0.717) is 6.42 Å². The molecule has 2 heterocycles. The molecular weight excluding hydrogens is 304 g/mol. The number of rotatable bonds is 3. The van der Waals surface area contributed by atoms with Crippen molar-refractivity contribution in [1.82, 2.24) is 10.2 Å². The molecule has 4 nitrogen and oxygen atoms in total. The number of nitrogens with zero attached hydrogens (tertiary/aromatic N) is 1. The molecule has 1 aromatic rings. The minimum Gasteiger partial charge on any atom is -0.421 e. The first-order valence-corrected chi connectivity index (χ1v) is 7.07. The third-order valence-electron chi connectivity index (χ3n) is 3.75. The van der Waals surface area contributed by atoms with Crippen LogP contribution in [0.2, 0.25) is 0 Å². The summed E-state index contributed by atoms with van der Waals surface area (Å²) in [7, 11) is 0. The van der Waals surface area contributed by atoms with Crippen molar-refractivity contribution in [3.8, 4) is 11.5 Å². The quantitative estimate of drug-likeness (QED) is 0.865. The van der Waals surface area contributed by atoms with E-state index < -0.39 is 12.2 Å². The maximum atomic E-state index is 13.2. The maximum Gasteiger partial charge on any atom is 0.507 e. The molecule has 22 heavy (non-hydrogen) atoms. The monoisotopic (exact) mass is 320 g/mol. The van der Waals surface area contributed by atoms with E-state index in [-0.39, 0.29) is 11.5 Å². The highest BCUT2D eigenvalue weighted by molar-refractivity contribution is 5.44. The second-order valence-corrected chi connectivity index (χ2v) is 5.36. The third kappa shape index (κ3) is 2.98. The molecule has 0 aliphatic carbocycles. The summed E-state index contributed by atoms with van der Waals surface area (Å²) in [6.45, 7) is 4.46. The molecule has 0 unspecified atom stereocenters. The lowest BCUT2D eigenvalue weighted by Gasteiger charge is -2.32. The van der Waals surface area contributed by atoms with Gasteiger partial charge in [0.05, 0.1) is 0 Å². The normalized spacial score (nSPS) is 23.3. The van der Waals surface area contributed by atoms with Crippen LogP contribution in [0.4, 0.5) is 17.6 Å². The average Bonchev–Trinajstić information content (AvgIpc) is 2.47. The highest BCUT2D eigenvalue weighted by atomic mass is 19.3. The summed E-state index contributed by atoms with van der Waals surface area (Å²) in [5.41, 5.74) is 0.738. The zero-order chi connectivity index (χ0) is 15.8. The van der Waals surface area contributed by atoms with Crippen LogP contribution in [-0.2, 0) is 6.42 Å². The van der Waals surface area contributed by atoms with Gasteiger partial charge in [-0.05, 0) is 24.1 Å². The molecule has 0 spiro atoms. The molecule has 0 atom stereocenters. The lowest BCUT2D eigenvalue weighted by atomic mass is 10.1. The van der Waals surface area contributed by atoms with Crippen molar-refractivity contribution in [3.05, 3.63) is 23.8 Å². The largest absolute Gasteiger partial charge is 0.507 e. The SMILES string of the molecule is FC1(F)Oc2ccc(CCN3CCNCC3)cc2OC1(F)F. The Morgan fingerprint density at radius 3 is 2.32 bits per heavy atom. The van der Waals surface area contributed by atoms with Gasteiger partial charge in [-0.15, -0.1) is 0 Å². The molecule has 8 heteroatoms. The number of nitrogens with one attached hydrogen (secondary N) is 1. The third-order valence-corrected chi connectivity index (χ3v) is 3.75. The fourth-order valence-corrected chi connectivity index (χ4v) is 2.49. The molecule has 0 amide bonds. The molecule has 2 aliphatic heterocycles. The van der Waals surface area contributed by atoms with E-state index in [1.165, 1.54) is 12.1 Å². The van der Waals surface area contributed by atoms with Crippen molar-refractivity contribution in [3.63, 3.8) is 0 Å². The van der Waals surface area contributed by atoms with E-state index in [2.05, 4.69) is 19.7 Å². The Balaban J connectivity index is 1.69. The summed E-state index contributed by atoms with van der Waals surface area (Å²) < 4.78 is 60.6. The van der Waals surface area contributed by atoms with E-state index in [9.17, 15) is 17.6 Å². The molecule has 122 valence electrons. The van der Waals surface area contributed by atoms with Crippen LogP contribution in [0, 0.1) is 0 Å². The summed E-state index contributed by atoms with van der Waals surface area (Å²) in [4.78, 5) is 2.25. The summed E-state index contributed by atoms with van der Waals surface area (Å²) in [5, 5.41) is 3.24. The Bertz CT molecular complexity index is 548. The van der Waals surface area contributed by atoms with Gasteiger partial charge in [0.2, 0.25) is 0 Å². The highest BCUT2D eigenvalue weighted by Crippen LogP contribution is 2.46. The molecule has 1 N–H and O–H groups in total. The molecule has 1 saturated heterocycles. The van der Waals surface area contributed by atoms with E-state index in [0.717, 1.165) is 38.3 Å². The van der Waals surface area contributed by atoms with Crippen LogP contribution in [0.25, 0.3) is 0 Å². The smallest absolute Gasteiger partial charge is 0.421 e. The standard InChI is InChI=1S/C14H16F4N2O2/c15-13(16)14(17,18)22-12-9-10(1-2-11(12)21-13)3-6-20-7-4-19-5-8-20/h1-2,9,19H,3-8H2. The van der Waals surface area contributed by atoms with Gasteiger partial charge in [-0.25, -0.2) is 0 Å². The lowest BCUT2D eigenvalue weighted by Crippen LogP contribution is -2.52. The van der Waals surface area contributed by atoms with Crippen molar-refractivity contribution in [2.24, 2.45) is 0 Å². The number of halogens is 4. The van der Waals surface area contributed by atoms with Crippen molar-refractivity contribution < 1.29 is 27.0 Å². The first-order chi connectivity index (χ1) is 10.4. The number of fused-ring (bicyclic) bond motifs is 1. The van der Waals surface area contributed by atoms with E-state index in [1.54, 1.807) is 6.07 Å². The molecular formula is C14H16F4N2O2. The number of hydrogen-bond donors (Lipinski definition) is 1. The van der Waals surface area contributed by atoms with Gasteiger partial charge in [0, 0.05) is 32.7 Å². The van der Waals surface area contributed by atoms with Crippen LogP contribution < -0.4 is 14.8 Å². The summed E-state index contributed by atoms with van der Waals surface area (Å²) >= 11 is 0. The van der Waals surface area contributed by atoms with Crippen molar-refractivity contribution >= 4 is 0 Å². The second kappa shape index (κ2) is 5.58. The van der Waals surface area contributed by atoms with Crippen molar-refractivity contribution in [2.75, 3.05) is 32.7 Å². The lowest BCUT2D eigenvalue weighted by molar-refractivity contribution is -0.391. The van der Waals surface area contributed by atoms with Crippen LogP contribution >= 0.6 is 0 Å². The predicted octanol–water partition coefficient (Wildman–Crippen LogP) is 2.09. The van der Waals surface area contributed by atoms with Gasteiger partial charge in [0.1, 0.15) is 0 Å². The van der Waals surface area contributed by atoms with Gasteiger partial charge in [-0.1, -0.05) is 6.07 Å². The van der Waals surface area contributed by atoms with Crippen molar-refractivity contribution in [2.45, 2.75) is 18.6 Å². The summed E-state index contributed by atoms with van der Waals surface area (Å²) in [6.07, 6.45) is -8.71. The fraction of sp³-hybridized carbons (Fsp3) is 0.571. The topological polar surface area (TPSA) is 33.7 Å². The highest BCUT2D eigenvalue weighted by Gasteiger charge is 2.65. The van der Waals surface area contributed by atoms with Crippen LogP contribution in [0.15, 0.2) is 18.2 Å². The number of alkyl halides is 4. The van der Waals surface area contributed by atoms with Gasteiger partial charge >= 0.3 is 12.2 Å². The Morgan fingerprint density at radius 1 is 1.00 bits per heavy atom. The Morgan fingerprint density at radius 2 is 1.64 bits per heavy atom. The van der Waals surface area contributed by atoms with E-state index >= 15 is 0 Å². The Kier molecular flexibility index (Phi) is 3.90. The first kappa shape index (κ1) is 15.4. The summed E-state index contributed by atoms with van der Waals surface area (Å²) in [6, 6.07) is 4.16. The van der Waals surface area contributed by atoms with Crippen molar-refractivity contribution in [1.29, 1.82) is 0 Å². The van der Waals surface area contributed by atoms with Crippen LogP contribution in [-0.4, -0.2) is 49.8 Å². The maximum absolute atomic E-state index is 13.2. The average molecular weight is 320 g/mol. The molecule has 0 bridgehead atoms. The van der Waals surface area contributed by atoms with Crippen LogP contribution in [0.3, 0.4) is 0 Å². The molecule has 3 rings (SSSR count). The van der Waals surface area contributed by atoms with Crippen LogP contribution in [0.1, 0.15) is 5.56 Å². The molecule has 1 aromatic carbocycles. The van der Waals surface area contributed by atoms with E-state index in [4.69, 9.17) is 0 Å². The first-order valence-electron chi connectivity index (χ1n) is 7.07. The minimum atomic E-state index is -4.67. The molecule has 1 fully saturated rings. The predicted molar refractivity (Wildman–Crippen MR) is 70.6 cm³/mol. The van der Waals surface area contributed by atoms with Gasteiger partial charge in [-0.3, -0.25) is 0 Å². The Labute approximate surface area is 125 Å². The molecule has 0 aromatic heterocycles. The zero-order valence-corrected chi connectivity index (χ0v) is 11.8. The molecule has 0 saturated carbocycles. The minimum absolute atomic E-state index is 0.353. The number of hydrogen-bond acceptors (Lipinski definition) is 4. The van der Waals surface area contributed by atoms with Gasteiger partial charge in [0.25, 0.3) is 0 Å².